The van der Waals surface area contributed by atoms with Gasteiger partial charge in [0.1, 0.15) is 0 Å². The summed E-state index contributed by atoms with van der Waals surface area (Å²) in [6, 6.07) is 15.4. The lowest BCUT2D eigenvalue weighted by Gasteiger charge is -2.38. The number of pyridine rings is 2. The standard InChI is InChI=1S/C27H31N5/c1-2-10-23-21(9-1)22-12-15-29-24(27(22)31-23)18-32(17-19-6-4-13-28-16-19)25-11-3-7-20-8-5-14-30-26(20)25/h1-2,5,8-10,12,14-15,19,25,28,31H,3-4,6-7,11,13,16-18H2/t19?,25-/m0/s1. The van der Waals surface area contributed by atoms with E-state index in [-0.39, 0.29) is 0 Å². The van der Waals surface area contributed by atoms with Gasteiger partial charge in [-0.2, -0.15) is 0 Å². The molecule has 5 heteroatoms. The van der Waals surface area contributed by atoms with Crippen molar-refractivity contribution in [3.63, 3.8) is 0 Å². The van der Waals surface area contributed by atoms with Gasteiger partial charge in [-0.25, -0.2) is 0 Å². The number of nitrogens with one attached hydrogen (secondary N) is 2. The first-order valence-corrected chi connectivity index (χ1v) is 12.1. The van der Waals surface area contributed by atoms with Gasteiger partial charge in [0.25, 0.3) is 0 Å². The smallest absolute Gasteiger partial charge is 0.0784 e. The maximum absolute atomic E-state index is 4.88. The number of hydrogen-bond acceptors (Lipinski definition) is 4. The van der Waals surface area contributed by atoms with Crippen molar-refractivity contribution in [3.8, 4) is 0 Å². The van der Waals surface area contributed by atoms with Gasteiger partial charge in [0.15, 0.2) is 0 Å². The quantitative estimate of drug-likeness (QED) is 0.473. The van der Waals surface area contributed by atoms with Crippen molar-refractivity contribution in [2.75, 3.05) is 19.6 Å². The van der Waals surface area contributed by atoms with Crippen LogP contribution >= 0.6 is 0 Å². The van der Waals surface area contributed by atoms with Gasteiger partial charge < -0.3 is 10.3 Å². The Balaban J connectivity index is 1.39. The molecule has 1 aliphatic heterocycles. The molecule has 4 aromatic rings. The van der Waals surface area contributed by atoms with E-state index < -0.39 is 0 Å². The molecule has 1 fully saturated rings. The van der Waals surface area contributed by atoms with Gasteiger partial charge in [0.05, 0.1) is 22.9 Å². The number of fused-ring (bicyclic) bond motifs is 4. The maximum atomic E-state index is 4.88. The number of hydrogen-bond donors (Lipinski definition) is 2. The Morgan fingerprint density at radius 3 is 2.84 bits per heavy atom. The third-order valence-corrected chi connectivity index (χ3v) is 7.36. The van der Waals surface area contributed by atoms with Crippen molar-refractivity contribution in [3.05, 3.63) is 71.8 Å². The second kappa shape index (κ2) is 8.64. The van der Waals surface area contributed by atoms with Crippen molar-refractivity contribution in [2.45, 2.75) is 44.7 Å². The average molecular weight is 426 g/mol. The molecule has 2 aliphatic rings. The van der Waals surface area contributed by atoms with Gasteiger partial charge in [0, 0.05) is 41.8 Å². The molecule has 0 bridgehead atoms. The third kappa shape index (κ3) is 3.70. The molecule has 1 aliphatic carbocycles. The average Bonchev–Trinajstić information content (AvgIpc) is 3.24. The zero-order chi connectivity index (χ0) is 21.3. The van der Waals surface area contributed by atoms with Crippen LogP contribution in [0.15, 0.2) is 54.9 Å². The number of H-pyrrole nitrogens is 1. The third-order valence-electron chi connectivity index (χ3n) is 7.36. The predicted octanol–water partition coefficient (Wildman–Crippen LogP) is 4.99. The molecule has 1 saturated heterocycles. The number of para-hydroxylation sites is 1. The molecular formula is C27H31N5. The Morgan fingerprint density at radius 2 is 1.91 bits per heavy atom. The molecule has 32 heavy (non-hydrogen) atoms. The van der Waals surface area contributed by atoms with Crippen LogP contribution in [0.3, 0.4) is 0 Å². The number of rotatable bonds is 5. The highest BCUT2D eigenvalue weighted by Crippen LogP contribution is 2.36. The Morgan fingerprint density at radius 1 is 0.938 bits per heavy atom. The van der Waals surface area contributed by atoms with Crippen LogP contribution in [0.2, 0.25) is 0 Å². The van der Waals surface area contributed by atoms with E-state index in [1.165, 1.54) is 58.7 Å². The first-order valence-electron chi connectivity index (χ1n) is 12.1. The van der Waals surface area contributed by atoms with Gasteiger partial charge in [0.2, 0.25) is 0 Å². The molecule has 6 rings (SSSR count). The monoisotopic (exact) mass is 425 g/mol. The van der Waals surface area contributed by atoms with Crippen LogP contribution in [0.4, 0.5) is 0 Å². The Labute approximate surface area is 189 Å². The van der Waals surface area contributed by atoms with E-state index in [2.05, 4.69) is 57.7 Å². The summed E-state index contributed by atoms with van der Waals surface area (Å²) in [5.74, 6) is 0.680. The minimum Gasteiger partial charge on any atom is -0.353 e. The van der Waals surface area contributed by atoms with Crippen LogP contribution in [0, 0.1) is 5.92 Å². The highest BCUT2D eigenvalue weighted by atomic mass is 15.2. The second-order valence-corrected chi connectivity index (χ2v) is 9.45. The molecule has 1 unspecified atom stereocenters. The Hall–Kier alpha value is -2.76. The molecular weight excluding hydrogens is 394 g/mol. The van der Waals surface area contributed by atoms with Crippen LogP contribution in [-0.2, 0) is 13.0 Å². The lowest BCUT2D eigenvalue weighted by Crippen LogP contribution is -2.40. The van der Waals surface area contributed by atoms with Crippen LogP contribution in [0.5, 0.6) is 0 Å². The summed E-state index contributed by atoms with van der Waals surface area (Å²) in [5.41, 5.74) is 6.21. The van der Waals surface area contributed by atoms with E-state index in [0.29, 0.717) is 12.0 Å². The second-order valence-electron chi connectivity index (χ2n) is 9.45. The Bertz CT molecular complexity index is 1220. The summed E-state index contributed by atoms with van der Waals surface area (Å²) in [5, 5.41) is 6.16. The molecule has 164 valence electrons. The zero-order valence-electron chi connectivity index (χ0n) is 18.6. The zero-order valence-corrected chi connectivity index (χ0v) is 18.6. The fraction of sp³-hybridized carbons (Fsp3) is 0.407. The number of nitrogens with zero attached hydrogens (tertiary/aromatic N) is 3. The predicted molar refractivity (Wildman–Crippen MR) is 130 cm³/mol. The number of aryl methyl sites for hydroxylation is 1. The molecule has 5 nitrogen and oxygen atoms in total. The number of aromatic amines is 1. The summed E-state index contributed by atoms with van der Waals surface area (Å²) in [6.45, 7) is 4.20. The number of piperidine rings is 1. The fourth-order valence-corrected chi connectivity index (χ4v) is 5.80. The summed E-state index contributed by atoms with van der Waals surface area (Å²) in [4.78, 5) is 16.1. The van der Waals surface area contributed by atoms with E-state index in [1.54, 1.807) is 0 Å². The molecule has 4 heterocycles. The van der Waals surface area contributed by atoms with E-state index in [9.17, 15) is 0 Å². The minimum atomic E-state index is 0.364. The molecule has 0 radical (unpaired) electrons. The fourth-order valence-electron chi connectivity index (χ4n) is 5.80. The van der Waals surface area contributed by atoms with E-state index in [0.717, 1.165) is 38.3 Å². The molecule has 2 atom stereocenters. The van der Waals surface area contributed by atoms with E-state index >= 15 is 0 Å². The van der Waals surface area contributed by atoms with Crippen LogP contribution in [-0.4, -0.2) is 39.5 Å². The first kappa shape index (κ1) is 19.9. The summed E-state index contributed by atoms with van der Waals surface area (Å²) >= 11 is 0. The van der Waals surface area contributed by atoms with Gasteiger partial charge in [-0.15, -0.1) is 0 Å². The molecule has 2 N–H and O–H groups in total. The number of aromatic nitrogens is 3. The lowest BCUT2D eigenvalue weighted by atomic mass is 9.89. The molecule has 3 aromatic heterocycles. The highest BCUT2D eigenvalue weighted by Gasteiger charge is 2.30. The maximum Gasteiger partial charge on any atom is 0.0784 e. The SMILES string of the molecule is c1cnc2c(c1)CCC[C@@H]2N(Cc1nccc2c1[nH]c1ccccc12)CC1CCCNC1. The van der Waals surface area contributed by atoms with Crippen molar-refractivity contribution in [1.29, 1.82) is 0 Å². The van der Waals surface area contributed by atoms with Gasteiger partial charge in [-0.05, 0) is 74.9 Å². The van der Waals surface area contributed by atoms with Crippen molar-refractivity contribution in [2.24, 2.45) is 5.92 Å². The number of benzene rings is 1. The van der Waals surface area contributed by atoms with Gasteiger partial charge >= 0.3 is 0 Å². The summed E-state index contributed by atoms with van der Waals surface area (Å²) in [7, 11) is 0. The largest absolute Gasteiger partial charge is 0.353 e. The molecule has 0 spiro atoms. The van der Waals surface area contributed by atoms with E-state index in [4.69, 9.17) is 9.97 Å². The van der Waals surface area contributed by atoms with Gasteiger partial charge in [-0.1, -0.05) is 24.3 Å². The highest BCUT2D eigenvalue weighted by molar-refractivity contribution is 6.07. The molecule has 0 saturated carbocycles. The topological polar surface area (TPSA) is 56.8 Å². The summed E-state index contributed by atoms with van der Waals surface area (Å²) in [6.07, 6.45) is 10.1. The van der Waals surface area contributed by atoms with Crippen LogP contribution in [0.1, 0.15) is 48.7 Å². The van der Waals surface area contributed by atoms with Crippen molar-refractivity contribution < 1.29 is 0 Å². The van der Waals surface area contributed by atoms with E-state index in [1.807, 2.05) is 12.4 Å². The normalized spacial score (nSPS) is 21.3. The molecule has 0 amide bonds. The summed E-state index contributed by atoms with van der Waals surface area (Å²) < 4.78 is 0. The minimum absolute atomic E-state index is 0.364. The van der Waals surface area contributed by atoms with Crippen molar-refractivity contribution in [1.82, 2.24) is 25.2 Å². The van der Waals surface area contributed by atoms with Crippen LogP contribution < -0.4 is 5.32 Å². The molecule has 1 aromatic carbocycles. The first-order chi connectivity index (χ1) is 15.9. The lowest BCUT2D eigenvalue weighted by molar-refractivity contribution is 0.128. The van der Waals surface area contributed by atoms with Crippen molar-refractivity contribution >= 4 is 21.8 Å². The Kier molecular flexibility index (Phi) is 5.37. The van der Waals surface area contributed by atoms with Gasteiger partial charge in [-0.3, -0.25) is 14.9 Å². The van der Waals surface area contributed by atoms with Crippen LogP contribution in [0.25, 0.3) is 21.8 Å².